The molecule has 3 aliphatic rings. The summed E-state index contributed by atoms with van der Waals surface area (Å²) in [4.78, 5) is 0. The first-order valence-corrected chi connectivity index (χ1v) is 9.93. The summed E-state index contributed by atoms with van der Waals surface area (Å²) in [5.41, 5.74) is 3.66. The fourth-order valence-electron chi connectivity index (χ4n) is 6.94. The lowest BCUT2D eigenvalue weighted by molar-refractivity contribution is 0.00725. The summed E-state index contributed by atoms with van der Waals surface area (Å²) in [6.07, 6.45) is 14.1. The van der Waals surface area contributed by atoms with Crippen LogP contribution in [0.15, 0.2) is 48.6 Å². The average Bonchev–Trinajstić information content (AvgIpc) is 2.74. The Morgan fingerprint density at radius 1 is 1.21 bits per heavy atom. The lowest BCUT2D eigenvalue weighted by Crippen LogP contribution is -2.49. The Kier molecular flexibility index (Phi) is 4.47. The molecule has 0 spiro atoms. The van der Waals surface area contributed by atoms with E-state index in [2.05, 4.69) is 66.0 Å². The van der Waals surface area contributed by atoms with Crippen molar-refractivity contribution in [3.05, 3.63) is 48.6 Å². The van der Waals surface area contributed by atoms with Crippen LogP contribution in [0.4, 0.5) is 0 Å². The molecular weight excluding hydrogens is 288 g/mol. The Hall–Kier alpha value is -1.04. The van der Waals surface area contributed by atoms with Crippen molar-refractivity contribution in [1.29, 1.82) is 0 Å². The van der Waals surface area contributed by atoms with Gasteiger partial charge in [0.2, 0.25) is 0 Å². The fourth-order valence-corrected chi connectivity index (χ4v) is 6.94. The van der Waals surface area contributed by atoms with E-state index in [0.717, 1.165) is 23.7 Å². The van der Waals surface area contributed by atoms with Gasteiger partial charge in [0.1, 0.15) is 0 Å². The Balaban J connectivity index is 2.07. The highest BCUT2D eigenvalue weighted by atomic mass is 14.6. The van der Waals surface area contributed by atoms with Crippen molar-refractivity contribution in [2.24, 2.45) is 40.4 Å². The molecule has 0 saturated heterocycles. The molecule has 0 bridgehead atoms. The molecule has 0 aliphatic heterocycles. The first-order chi connectivity index (χ1) is 11.3. The molecule has 0 aromatic carbocycles. The summed E-state index contributed by atoms with van der Waals surface area (Å²) in [6.45, 7) is 20.8. The van der Waals surface area contributed by atoms with Crippen molar-refractivity contribution < 1.29 is 0 Å². The smallest absolute Gasteiger partial charge is 0.0133 e. The maximum absolute atomic E-state index is 4.65. The van der Waals surface area contributed by atoms with E-state index >= 15 is 0 Å². The predicted molar refractivity (Wildman–Crippen MR) is 106 cm³/mol. The van der Waals surface area contributed by atoms with Gasteiger partial charge in [-0.3, -0.25) is 0 Å². The van der Waals surface area contributed by atoms with Crippen molar-refractivity contribution in [1.82, 2.24) is 0 Å². The highest BCUT2D eigenvalue weighted by Crippen LogP contribution is 2.67. The molecule has 7 atom stereocenters. The van der Waals surface area contributed by atoms with Gasteiger partial charge in [0, 0.05) is 5.41 Å². The van der Waals surface area contributed by atoms with Crippen molar-refractivity contribution in [3.63, 3.8) is 0 Å². The largest absolute Gasteiger partial charge is 0.0995 e. The zero-order chi connectivity index (χ0) is 17.7. The third-order valence-corrected chi connectivity index (χ3v) is 8.28. The number of hydrogen-bond donors (Lipinski definition) is 0. The van der Waals surface area contributed by atoms with Gasteiger partial charge < -0.3 is 0 Å². The highest BCUT2D eigenvalue weighted by Gasteiger charge is 2.59. The molecule has 6 unspecified atom stereocenters. The maximum Gasteiger partial charge on any atom is 0.0133 e. The van der Waals surface area contributed by atoms with Gasteiger partial charge in [-0.1, -0.05) is 76.3 Å². The predicted octanol–water partition coefficient (Wildman–Crippen LogP) is 6.97. The van der Waals surface area contributed by atoms with Gasteiger partial charge in [-0.2, -0.15) is 0 Å². The van der Waals surface area contributed by atoms with Crippen LogP contribution in [0, 0.1) is 40.4 Å². The lowest BCUT2D eigenvalue weighted by atomic mass is 9.47. The second-order valence-corrected chi connectivity index (χ2v) is 9.34. The molecule has 0 aromatic heterocycles. The normalized spacial score (nSPS) is 50.1. The molecule has 3 aliphatic carbocycles. The molecular formula is C24H36. The molecule has 0 heteroatoms. The molecule has 0 nitrogen and oxygen atoms in total. The van der Waals surface area contributed by atoms with Gasteiger partial charge in [-0.25, -0.2) is 0 Å². The van der Waals surface area contributed by atoms with Crippen molar-refractivity contribution in [3.8, 4) is 0 Å². The van der Waals surface area contributed by atoms with Crippen LogP contribution in [-0.2, 0) is 0 Å². The topological polar surface area (TPSA) is 0 Å². The minimum absolute atomic E-state index is 0.124. The van der Waals surface area contributed by atoms with E-state index in [9.17, 15) is 0 Å². The minimum Gasteiger partial charge on any atom is -0.0995 e. The molecule has 3 fully saturated rings. The van der Waals surface area contributed by atoms with E-state index in [1.54, 1.807) is 5.57 Å². The molecule has 0 N–H and O–H groups in total. The van der Waals surface area contributed by atoms with Crippen LogP contribution in [0.5, 0.6) is 0 Å². The Bertz CT molecular complexity index is 591. The molecule has 3 saturated carbocycles. The number of allylic oxidation sites excluding steroid dienone is 6. The zero-order valence-electron chi connectivity index (χ0n) is 16.4. The van der Waals surface area contributed by atoms with Crippen molar-refractivity contribution in [2.45, 2.75) is 60.3 Å². The summed E-state index contributed by atoms with van der Waals surface area (Å²) in [5, 5.41) is 0. The molecule has 0 heterocycles. The van der Waals surface area contributed by atoms with Gasteiger partial charge in [0.25, 0.3) is 0 Å². The van der Waals surface area contributed by atoms with Crippen LogP contribution in [0.25, 0.3) is 0 Å². The first-order valence-electron chi connectivity index (χ1n) is 9.93. The van der Waals surface area contributed by atoms with Gasteiger partial charge in [-0.15, -0.1) is 0 Å². The molecule has 3 rings (SSSR count). The third kappa shape index (κ3) is 2.32. The Morgan fingerprint density at radius 2 is 1.92 bits per heavy atom. The monoisotopic (exact) mass is 324 g/mol. The second kappa shape index (κ2) is 6.04. The first kappa shape index (κ1) is 17.8. The summed E-state index contributed by atoms with van der Waals surface area (Å²) >= 11 is 0. The van der Waals surface area contributed by atoms with Gasteiger partial charge in [-0.05, 0) is 67.6 Å². The van der Waals surface area contributed by atoms with Crippen LogP contribution in [0.2, 0.25) is 0 Å². The summed E-state index contributed by atoms with van der Waals surface area (Å²) in [5.74, 6) is 3.94. The summed E-state index contributed by atoms with van der Waals surface area (Å²) in [6, 6.07) is 0. The van der Waals surface area contributed by atoms with Gasteiger partial charge in [0.15, 0.2) is 0 Å². The quantitative estimate of drug-likeness (QED) is 0.481. The van der Waals surface area contributed by atoms with Crippen LogP contribution >= 0.6 is 0 Å². The van der Waals surface area contributed by atoms with Gasteiger partial charge in [0.05, 0.1) is 0 Å². The second-order valence-electron chi connectivity index (χ2n) is 9.34. The van der Waals surface area contributed by atoms with Crippen molar-refractivity contribution >= 4 is 0 Å². The lowest BCUT2D eigenvalue weighted by Gasteiger charge is -2.57. The van der Waals surface area contributed by atoms with E-state index in [0.29, 0.717) is 11.3 Å². The fraction of sp³-hybridized carbons (Fsp3) is 0.667. The van der Waals surface area contributed by atoms with Crippen molar-refractivity contribution in [2.75, 3.05) is 0 Å². The number of rotatable bonds is 2. The van der Waals surface area contributed by atoms with E-state index in [1.807, 2.05) is 6.08 Å². The third-order valence-electron chi connectivity index (χ3n) is 8.28. The number of fused-ring (bicyclic) bond motifs is 3. The van der Waals surface area contributed by atoms with E-state index < -0.39 is 0 Å². The van der Waals surface area contributed by atoms with Crippen LogP contribution in [0.1, 0.15) is 60.3 Å². The minimum atomic E-state index is 0.124. The standard InChI is InChI=1S/C24H36/c1-8-10-19-11-12-20-21-14-16(3)18(5)24(21,7)15-17(4)22(20)23(19,6)13-9-2/h8-10,13,16,18,20-22H,1,4,11-12,14-15H2,2-3,5-7H3/b13-9-,19-10-/t16-,18?,20?,21?,22?,23?,24?/m1/s1. The zero-order valence-corrected chi connectivity index (χ0v) is 16.4. The Labute approximate surface area is 149 Å². The Morgan fingerprint density at radius 3 is 2.54 bits per heavy atom. The van der Waals surface area contributed by atoms with E-state index in [-0.39, 0.29) is 5.41 Å². The van der Waals surface area contributed by atoms with Crippen LogP contribution < -0.4 is 0 Å². The maximum atomic E-state index is 4.65. The van der Waals surface area contributed by atoms with Crippen LogP contribution in [0.3, 0.4) is 0 Å². The molecule has 0 radical (unpaired) electrons. The molecule has 0 amide bonds. The average molecular weight is 325 g/mol. The number of hydrogen-bond acceptors (Lipinski definition) is 0. The summed E-state index contributed by atoms with van der Waals surface area (Å²) in [7, 11) is 0. The van der Waals surface area contributed by atoms with E-state index in [1.165, 1.54) is 31.3 Å². The van der Waals surface area contributed by atoms with Crippen LogP contribution in [-0.4, -0.2) is 0 Å². The molecule has 132 valence electrons. The van der Waals surface area contributed by atoms with E-state index in [4.69, 9.17) is 0 Å². The molecule has 24 heavy (non-hydrogen) atoms. The molecule has 0 aromatic rings. The highest BCUT2D eigenvalue weighted by molar-refractivity contribution is 5.35. The SMILES string of the molecule is C=C/C=C1/CCC2C(C(=C)CC3(C)C2C[C@@H](C)C3C)C1(C)/C=C\C. The van der Waals surface area contributed by atoms with Gasteiger partial charge >= 0.3 is 0 Å². The summed E-state index contributed by atoms with van der Waals surface area (Å²) < 4.78 is 0.